The first-order valence-electron chi connectivity index (χ1n) is 5.97. The molecule has 1 aromatic carbocycles. The lowest BCUT2D eigenvalue weighted by Gasteiger charge is -2.17. The Kier molecular flexibility index (Phi) is 3.17. The normalized spacial score (nSPS) is 30.2. The van der Waals surface area contributed by atoms with Crippen molar-refractivity contribution in [3.8, 4) is 0 Å². The van der Waals surface area contributed by atoms with Gasteiger partial charge >= 0.3 is 0 Å². The number of aliphatic hydroxyl groups excluding tert-OH is 3. The van der Waals surface area contributed by atoms with Gasteiger partial charge < -0.3 is 24.6 Å². The van der Waals surface area contributed by atoms with E-state index in [0.717, 1.165) is 12.1 Å². The highest BCUT2D eigenvalue weighted by atomic mass is 19.2. The van der Waals surface area contributed by atoms with E-state index in [1.807, 2.05) is 0 Å². The van der Waals surface area contributed by atoms with Crippen molar-refractivity contribution in [3.63, 3.8) is 0 Å². The van der Waals surface area contributed by atoms with Crippen LogP contribution in [0.15, 0.2) is 18.5 Å². The van der Waals surface area contributed by atoms with Crippen molar-refractivity contribution in [3.05, 3.63) is 30.1 Å². The van der Waals surface area contributed by atoms with Gasteiger partial charge in [0, 0.05) is 12.1 Å². The Balaban J connectivity index is 2.05. The lowest BCUT2D eigenvalue weighted by molar-refractivity contribution is -0.0509. The van der Waals surface area contributed by atoms with E-state index in [-0.39, 0.29) is 11.0 Å². The topological polar surface area (TPSA) is 87.7 Å². The van der Waals surface area contributed by atoms with Gasteiger partial charge in [0.1, 0.15) is 18.3 Å². The van der Waals surface area contributed by atoms with Gasteiger partial charge in [-0.2, -0.15) is 0 Å². The van der Waals surface area contributed by atoms with Crippen LogP contribution < -0.4 is 0 Å². The van der Waals surface area contributed by atoms with Crippen LogP contribution in [0, 0.1) is 11.6 Å². The second kappa shape index (κ2) is 4.74. The smallest absolute Gasteiger partial charge is 0.164 e. The lowest BCUT2D eigenvalue weighted by Crippen LogP contribution is -2.33. The van der Waals surface area contributed by atoms with Crippen molar-refractivity contribution in [2.24, 2.45) is 0 Å². The summed E-state index contributed by atoms with van der Waals surface area (Å²) in [6.45, 7) is -0.468. The molecule has 3 N–H and O–H groups in total. The van der Waals surface area contributed by atoms with E-state index < -0.39 is 42.8 Å². The molecule has 6 nitrogen and oxygen atoms in total. The number of aromatic nitrogens is 2. The van der Waals surface area contributed by atoms with E-state index in [0.29, 0.717) is 0 Å². The van der Waals surface area contributed by atoms with Crippen molar-refractivity contribution >= 4 is 11.0 Å². The van der Waals surface area contributed by atoms with Gasteiger partial charge in [0.05, 0.1) is 24.0 Å². The summed E-state index contributed by atoms with van der Waals surface area (Å²) in [6, 6.07) is 1.87. The minimum absolute atomic E-state index is 0.196. The predicted molar refractivity (Wildman–Crippen MR) is 62.7 cm³/mol. The predicted octanol–water partition coefficient (Wildman–Crippen LogP) is -0.0740. The van der Waals surface area contributed by atoms with Crippen molar-refractivity contribution in [1.29, 1.82) is 0 Å². The Morgan fingerprint density at radius 2 is 1.90 bits per heavy atom. The number of hydrogen-bond acceptors (Lipinski definition) is 5. The molecule has 0 aliphatic carbocycles. The summed E-state index contributed by atoms with van der Waals surface area (Å²) in [5.41, 5.74) is 0.417. The minimum Gasteiger partial charge on any atom is -0.394 e. The molecule has 8 heteroatoms. The van der Waals surface area contributed by atoms with Crippen LogP contribution in [0.1, 0.15) is 6.23 Å². The first-order chi connectivity index (χ1) is 9.52. The monoisotopic (exact) mass is 286 g/mol. The van der Waals surface area contributed by atoms with Crippen molar-refractivity contribution in [2.45, 2.75) is 24.5 Å². The fourth-order valence-corrected chi connectivity index (χ4v) is 2.34. The molecule has 0 bridgehead atoms. The van der Waals surface area contributed by atoms with Crippen molar-refractivity contribution in [1.82, 2.24) is 9.55 Å². The van der Waals surface area contributed by atoms with Crippen LogP contribution in [0.4, 0.5) is 8.78 Å². The minimum atomic E-state index is -1.31. The van der Waals surface area contributed by atoms with E-state index >= 15 is 0 Å². The van der Waals surface area contributed by atoms with E-state index in [2.05, 4.69) is 4.98 Å². The van der Waals surface area contributed by atoms with Crippen molar-refractivity contribution < 1.29 is 28.8 Å². The number of fused-ring (bicyclic) bond motifs is 1. The van der Waals surface area contributed by atoms with Gasteiger partial charge in [-0.1, -0.05) is 0 Å². The Hall–Kier alpha value is -1.61. The molecule has 3 rings (SSSR count). The number of ether oxygens (including phenoxy) is 1. The largest absolute Gasteiger partial charge is 0.394 e. The number of halogens is 2. The summed E-state index contributed by atoms with van der Waals surface area (Å²) in [5.74, 6) is -2.07. The quantitative estimate of drug-likeness (QED) is 0.719. The summed E-state index contributed by atoms with van der Waals surface area (Å²) in [5, 5.41) is 28.6. The third-order valence-electron chi connectivity index (χ3n) is 3.41. The fourth-order valence-electron chi connectivity index (χ4n) is 2.34. The molecule has 0 saturated carbocycles. The molecule has 0 unspecified atom stereocenters. The number of rotatable bonds is 2. The highest BCUT2D eigenvalue weighted by molar-refractivity contribution is 5.75. The van der Waals surface area contributed by atoms with Gasteiger partial charge in [-0.05, 0) is 0 Å². The molecule has 2 heterocycles. The number of aliphatic hydroxyl groups is 3. The van der Waals surface area contributed by atoms with Gasteiger partial charge in [0.25, 0.3) is 0 Å². The van der Waals surface area contributed by atoms with Gasteiger partial charge in [-0.15, -0.1) is 0 Å². The Morgan fingerprint density at radius 3 is 2.55 bits per heavy atom. The Bertz CT molecular complexity index is 648. The molecule has 1 saturated heterocycles. The molecule has 0 spiro atoms. The van der Waals surface area contributed by atoms with E-state index in [4.69, 9.17) is 9.84 Å². The zero-order valence-electron chi connectivity index (χ0n) is 10.1. The number of hydrogen-bond donors (Lipinski definition) is 3. The molecule has 1 aliphatic rings. The highest BCUT2D eigenvalue weighted by Gasteiger charge is 2.43. The van der Waals surface area contributed by atoms with E-state index in [9.17, 15) is 19.0 Å². The Morgan fingerprint density at radius 1 is 1.20 bits per heavy atom. The zero-order valence-corrected chi connectivity index (χ0v) is 10.1. The summed E-state index contributed by atoms with van der Waals surface area (Å²) in [4.78, 5) is 3.90. The molecule has 20 heavy (non-hydrogen) atoms. The van der Waals surface area contributed by atoms with Gasteiger partial charge in [-0.25, -0.2) is 13.8 Å². The number of benzene rings is 1. The average molecular weight is 286 g/mol. The third-order valence-corrected chi connectivity index (χ3v) is 3.41. The van der Waals surface area contributed by atoms with Crippen molar-refractivity contribution in [2.75, 3.05) is 6.61 Å². The van der Waals surface area contributed by atoms with Crippen LogP contribution in [0.2, 0.25) is 0 Å². The maximum Gasteiger partial charge on any atom is 0.164 e. The SMILES string of the molecule is OC[C@H]1O[C@@H](n2cnc3cc(F)c(F)cc32)[C@H](O)[C@@H]1O. The van der Waals surface area contributed by atoms with Crippen LogP contribution in [-0.2, 0) is 4.74 Å². The first-order valence-corrected chi connectivity index (χ1v) is 5.97. The first kappa shape index (κ1) is 13.4. The van der Waals surface area contributed by atoms with E-state index in [1.54, 1.807) is 0 Å². The molecule has 0 radical (unpaired) electrons. The molecule has 108 valence electrons. The van der Waals surface area contributed by atoms with Gasteiger partial charge in [-0.3, -0.25) is 0 Å². The maximum absolute atomic E-state index is 13.3. The second-order valence-corrected chi connectivity index (χ2v) is 4.64. The summed E-state index contributed by atoms with van der Waals surface area (Å²) in [7, 11) is 0. The fraction of sp³-hybridized carbons (Fsp3) is 0.417. The van der Waals surface area contributed by atoms with Gasteiger partial charge in [0.2, 0.25) is 0 Å². The summed E-state index contributed by atoms with van der Waals surface area (Å²) >= 11 is 0. The molecule has 4 atom stereocenters. The lowest BCUT2D eigenvalue weighted by atomic mass is 10.1. The number of nitrogens with zero attached hydrogens (tertiary/aromatic N) is 2. The summed E-state index contributed by atoms with van der Waals surface area (Å²) < 4.78 is 33.0. The number of imidazole rings is 1. The summed E-state index contributed by atoms with van der Waals surface area (Å²) in [6.07, 6.45) is -3.30. The maximum atomic E-state index is 13.3. The molecule has 0 amide bonds. The van der Waals surface area contributed by atoms with Crippen LogP contribution in [0.25, 0.3) is 11.0 Å². The standard InChI is InChI=1S/C12H12F2N2O4/c13-5-1-7-8(2-6(5)14)16(4-15-7)12-11(19)10(18)9(3-17)20-12/h1-2,4,9-12,17-19H,3H2/t9-,10-,11-,12-/m1/s1. The average Bonchev–Trinajstić information content (AvgIpc) is 2.94. The molecule has 1 aliphatic heterocycles. The zero-order chi connectivity index (χ0) is 14.4. The molecular formula is C12H12F2N2O4. The Labute approximate surface area is 111 Å². The molecule has 1 fully saturated rings. The van der Waals surface area contributed by atoms with Gasteiger partial charge in [0.15, 0.2) is 17.9 Å². The molecule has 1 aromatic heterocycles. The van der Waals surface area contributed by atoms with Crippen LogP contribution >= 0.6 is 0 Å². The van der Waals surface area contributed by atoms with Crippen LogP contribution in [0.3, 0.4) is 0 Å². The highest BCUT2D eigenvalue weighted by Crippen LogP contribution is 2.32. The van der Waals surface area contributed by atoms with Crippen LogP contribution in [-0.4, -0.2) is 49.8 Å². The third kappa shape index (κ3) is 1.88. The second-order valence-electron chi connectivity index (χ2n) is 4.64. The molecule has 2 aromatic rings. The molecular weight excluding hydrogens is 274 g/mol. The van der Waals surface area contributed by atoms with E-state index in [1.165, 1.54) is 10.9 Å². The van der Waals surface area contributed by atoms with Crippen LogP contribution in [0.5, 0.6) is 0 Å².